The van der Waals surface area contributed by atoms with Crippen molar-refractivity contribution in [1.29, 1.82) is 0 Å². The van der Waals surface area contributed by atoms with Crippen LogP contribution in [0, 0.1) is 10.1 Å². The lowest BCUT2D eigenvalue weighted by molar-refractivity contribution is -0.384. The second-order valence-corrected chi connectivity index (χ2v) is 6.94. The molecule has 2 rings (SSSR count). The zero-order valence-corrected chi connectivity index (χ0v) is 14.2. The minimum absolute atomic E-state index is 0.0893. The number of non-ortho nitro benzene ring substituents is 1. The van der Waals surface area contributed by atoms with E-state index in [0.29, 0.717) is 11.3 Å². The van der Waals surface area contributed by atoms with Crippen molar-refractivity contribution in [2.45, 2.75) is 17.9 Å². The molecule has 1 atom stereocenters. The van der Waals surface area contributed by atoms with Crippen molar-refractivity contribution in [1.82, 2.24) is 0 Å². The maximum Gasteiger partial charge on any atom is 0.269 e. The highest BCUT2D eigenvalue weighted by atomic mass is 32.2. The van der Waals surface area contributed by atoms with Gasteiger partial charge in [0.1, 0.15) is 0 Å². The minimum atomic E-state index is -3.91. The second-order valence-electron chi connectivity index (χ2n) is 5.25. The van der Waals surface area contributed by atoms with Crippen molar-refractivity contribution in [2.24, 2.45) is 4.99 Å². The van der Waals surface area contributed by atoms with E-state index in [0.717, 1.165) is 12.1 Å². The first-order chi connectivity index (χ1) is 11.8. The van der Waals surface area contributed by atoms with E-state index < -0.39 is 14.9 Å². The van der Waals surface area contributed by atoms with Crippen LogP contribution >= 0.6 is 0 Å². The number of aliphatic hydroxyl groups is 1. The Morgan fingerprint density at radius 3 is 2.48 bits per heavy atom. The van der Waals surface area contributed by atoms with Crippen LogP contribution < -0.4 is 4.72 Å². The topological polar surface area (TPSA) is 122 Å². The fourth-order valence-corrected chi connectivity index (χ4v) is 3.00. The van der Waals surface area contributed by atoms with Crippen molar-refractivity contribution in [3.63, 3.8) is 0 Å². The number of aliphatic imine (C=N–C) groups is 1. The highest BCUT2D eigenvalue weighted by molar-refractivity contribution is 7.92. The van der Waals surface area contributed by atoms with Crippen molar-refractivity contribution < 1.29 is 18.4 Å². The maximum absolute atomic E-state index is 12.5. The third kappa shape index (κ3) is 4.85. The lowest BCUT2D eigenvalue weighted by Gasteiger charge is -2.11. The Kier molecular flexibility index (Phi) is 5.84. The molecule has 0 bridgehead atoms. The molecule has 0 fully saturated rings. The van der Waals surface area contributed by atoms with Crippen molar-refractivity contribution in [3.8, 4) is 0 Å². The van der Waals surface area contributed by atoms with Crippen molar-refractivity contribution >= 4 is 27.6 Å². The van der Waals surface area contributed by atoms with Gasteiger partial charge in [-0.1, -0.05) is 18.2 Å². The third-order valence-corrected chi connectivity index (χ3v) is 4.68. The summed E-state index contributed by atoms with van der Waals surface area (Å²) in [5.41, 5.74) is 0.660. The zero-order valence-electron chi connectivity index (χ0n) is 13.4. The van der Waals surface area contributed by atoms with Crippen LogP contribution in [0.25, 0.3) is 0 Å². The van der Waals surface area contributed by atoms with E-state index in [1.54, 1.807) is 31.2 Å². The molecule has 0 aliphatic carbocycles. The number of anilines is 1. The van der Waals surface area contributed by atoms with Crippen LogP contribution in [0.1, 0.15) is 12.5 Å². The molecule has 0 spiro atoms. The minimum Gasteiger partial charge on any atom is -0.394 e. The van der Waals surface area contributed by atoms with Gasteiger partial charge in [-0.25, -0.2) is 8.42 Å². The maximum atomic E-state index is 12.5. The molecule has 25 heavy (non-hydrogen) atoms. The molecule has 0 saturated heterocycles. The number of nitro groups is 1. The first-order valence-corrected chi connectivity index (χ1v) is 8.82. The first kappa shape index (κ1) is 18.6. The predicted molar refractivity (Wildman–Crippen MR) is 94.5 cm³/mol. The van der Waals surface area contributed by atoms with Gasteiger partial charge in [-0.3, -0.25) is 19.8 Å². The van der Waals surface area contributed by atoms with E-state index >= 15 is 0 Å². The van der Waals surface area contributed by atoms with Crippen molar-refractivity contribution in [3.05, 3.63) is 64.2 Å². The highest BCUT2D eigenvalue weighted by Gasteiger charge is 2.17. The standard InChI is InChI=1S/C16H17N3O5S/c1-12(11-20)17-10-13-4-2-3-5-16(13)18-25(23,24)15-8-6-14(7-9-15)19(21)22/h2-10,12,18,20H,11H2,1H3. The van der Waals surface area contributed by atoms with Crippen LogP contribution in [-0.4, -0.2) is 37.3 Å². The molecule has 8 nitrogen and oxygen atoms in total. The highest BCUT2D eigenvalue weighted by Crippen LogP contribution is 2.21. The summed E-state index contributed by atoms with van der Waals surface area (Å²) < 4.78 is 27.4. The summed E-state index contributed by atoms with van der Waals surface area (Å²) in [6.45, 7) is 1.60. The molecule has 0 heterocycles. The summed E-state index contributed by atoms with van der Waals surface area (Å²) >= 11 is 0. The number of nitrogens with zero attached hydrogens (tertiary/aromatic N) is 2. The lowest BCUT2D eigenvalue weighted by atomic mass is 10.2. The summed E-state index contributed by atoms with van der Waals surface area (Å²) in [6, 6.07) is 11.0. The Balaban J connectivity index is 2.29. The van der Waals surface area contributed by atoms with E-state index in [2.05, 4.69) is 9.71 Å². The van der Waals surface area contributed by atoms with Crippen LogP contribution in [0.15, 0.2) is 58.4 Å². The number of hydrogen-bond acceptors (Lipinski definition) is 6. The molecular weight excluding hydrogens is 346 g/mol. The molecule has 0 radical (unpaired) electrons. The van der Waals surface area contributed by atoms with Gasteiger partial charge in [-0.15, -0.1) is 0 Å². The Morgan fingerprint density at radius 1 is 1.24 bits per heavy atom. The summed E-state index contributed by atoms with van der Waals surface area (Å²) in [5.74, 6) is 0. The van der Waals surface area contributed by atoms with Crippen LogP contribution in [0.3, 0.4) is 0 Å². The summed E-state index contributed by atoms with van der Waals surface area (Å²) in [5, 5.41) is 19.7. The zero-order chi connectivity index (χ0) is 18.4. The number of aliphatic hydroxyl groups excluding tert-OH is 1. The molecule has 132 valence electrons. The molecule has 2 aromatic carbocycles. The van der Waals surface area contributed by atoms with Gasteiger partial charge in [-0.2, -0.15) is 0 Å². The number of nitro benzene ring substituents is 1. The van der Waals surface area contributed by atoms with Gasteiger partial charge in [0.25, 0.3) is 15.7 Å². The van der Waals surface area contributed by atoms with Gasteiger partial charge >= 0.3 is 0 Å². The van der Waals surface area contributed by atoms with E-state index in [1.807, 2.05) is 0 Å². The fraction of sp³-hybridized carbons (Fsp3) is 0.188. The molecule has 0 aromatic heterocycles. The van der Waals surface area contributed by atoms with E-state index in [-0.39, 0.29) is 23.2 Å². The van der Waals surface area contributed by atoms with Gasteiger partial charge in [0, 0.05) is 23.9 Å². The molecule has 1 unspecified atom stereocenters. The van der Waals surface area contributed by atoms with E-state index in [9.17, 15) is 18.5 Å². The molecule has 0 saturated carbocycles. The van der Waals surface area contributed by atoms with Gasteiger partial charge in [0.15, 0.2) is 0 Å². The fourth-order valence-electron chi connectivity index (χ4n) is 1.91. The molecule has 9 heteroatoms. The summed E-state index contributed by atoms with van der Waals surface area (Å²) in [7, 11) is -3.91. The van der Waals surface area contributed by atoms with Crippen molar-refractivity contribution in [2.75, 3.05) is 11.3 Å². The Hall–Kier alpha value is -2.78. The Bertz CT molecular complexity index is 879. The monoisotopic (exact) mass is 363 g/mol. The van der Waals surface area contributed by atoms with E-state index in [4.69, 9.17) is 5.11 Å². The Morgan fingerprint density at radius 2 is 1.88 bits per heavy atom. The number of rotatable bonds is 7. The number of hydrogen-bond donors (Lipinski definition) is 2. The molecule has 0 aliphatic rings. The third-order valence-electron chi connectivity index (χ3n) is 3.30. The predicted octanol–water partition coefficient (Wildman–Crippen LogP) is 2.20. The smallest absolute Gasteiger partial charge is 0.269 e. The normalized spacial score (nSPS) is 12.9. The van der Waals surface area contributed by atoms with Crippen LogP contribution in [0.2, 0.25) is 0 Å². The lowest BCUT2D eigenvalue weighted by Crippen LogP contribution is -2.14. The van der Waals surface area contributed by atoms with Gasteiger partial charge in [-0.05, 0) is 25.1 Å². The van der Waals surface area contributed by atoms with Crippen LogP contribution in [-0.2, 0) is 10.0 Å². The summed E-state index contributed by atoms with van der Waals surface area (Å²) in [4.78, 5) is 14.1. The largest absolute Gasteiger partial charge is 0.394 e. The quantitative estimate of drug-likeness (QED) is 0.443. The number of sulfonamides is 1. The number of nitrogens with one attached hydrogen (secondary N) is 1. The van der Waals surface area contributed by atoms with E-state index in [1.165, 1.54) is 18.3 Å². The molecule has 2 aromatic rings. The first-order valence-electron chi connectivity index (χ1n) is 7.34. The average Bonchev–Trinajstić information content (AvgIpc) is 2.60. The Labute approximate surface area is 145 Å². The number of para-hydroxylation sites is 1. The molecule has 0 amide bonds. The molecular formula is C16H17N3O5S. The SMILES string of the molecule is CC(CO)N=Cc1ccccc1NS(=O)(=O)c1ccc([N+](=O)[O-])cc1. The number of benzene rings is 2. The van der Waals surface area contributed by atoms with Crippen LogP contribution in [0.4, 0.5) is 11.4 Å². The van der Waals surface area contributed by atoms with Crippen LogP contribution in [0.5, 0.6) is 0 Å². The average molecular weight is 363 g/mol. The molecule has 0 aliphatic heterocycles. The molecule has 2 N–H and O–H groups in total. The van der Waals surface area contributed by atoms with Gasteiger partial charge in [0.2, 0.25) is 0 Å². The van der Waals surface area contributed by atoms with Gasteiger partial charge < -0.3 is 5.11 Å². The second kappa shape index (κ2) is 7.86. The van der Waals surface area contributed by atoms with Gasteiger partial charge in [0.05, 0.1) is 28.2 Å². The summed E-state index contributed by atoms with van der Waals surface area (Å²) in [6.07, 6.45) is 1.48.